The van der Waals surface area contributed by atoms with E-state index in [1.807, 2.05) is 13.8 Å². The normalized spacial score (nSPS) is 9.63. The zero-order valence-corrected chi connectivity index (χ0v) is 11.1. The van der Waals surface area contributed by atoms with Crippen molar-refractivity contribution in [3.63, 3.8) is 0 Å². The molecule has 0 atom stereocenters. The molecule has 0 unspecified atom stereocenters. The summed E-state index contributed by atoms with van der Waals surface area (Å²) in [5.74, 6) is 4.41. The number of aromatic carboxylic acids is 1. The lowest BCUT2D eigenvalue weighted by molar-refractivity contribution is 0.0694. The van der Waals surface area contributed by atoms with Gasteiger partial charge in [-0.2, -0.15) is 9.47 Å². The van der Waals surface area contributed by atoms with E-state index in [2.05, 4.69) is 0 Å². The first-order valence-electron chi connectivity index (χ1n) is 5.92. The molecule has 1 aromatic heterocycles. The highest BCUT2D eigenvalue weighted by atomic mass is 16.4. The lowest BCUT2D eigenvalue weighted by Crippen LogP contribution is -2.27. The van der Waals surface area contributed by atoms with Crippen LogP contribution in [-0.2, 0) is 0 Å². The Morgan fingerprint density at radius 1 is 1.21 bits per heavy atom. The van der Waals surface area contributed by atoms with Crippen LogP contribution in [0.15, 0.2) is 35.1 Å². The van der Waals surface area contributed by atoms with Crippen LogP contribution < -0.4 is 11.4 Å². The Labute approximate surface area is 110 Å². The molecule has 6 heteroatoms. The molecule has 19 heavy (non-hydrogen) atoms. The van der Waals surface area contributed by atoms with E-state index in [1.165, 1.54) is 6.92 Å². The first-order valence-corrected chi connectivity index (χ1v) is 5.92. The van der Waals surface area contributed by atoms with Crippen molar-refractivity contribution in [3.05, 3.63) is 51.9 Å². The molecule has 0 bridgehead atoms. The monoisotopic (exact) mass is 263 g/mol. The van der Waals surface area contributed by atoms with Crippen LogP contribution in [0.2, 0.25) is 0 Å². The maximum Gasteiger partial charge on any atom is 0.343 e. The summed E-state index contributed by atoms with van der Waals surface area (Å²) in [6, 6.07) is 8.63. The van der Waals surface area contributed by atoms with Gasteiger partial charge >= 0.3 is 5.97 Å². The Morgan fingerprint density at radius 2 is 1.74 bits per heavy atom. The predicted octanol–water partition coefficient (Wildman–Crippen LogP) is 1.39. The van der Waals surface area contributed by atoms with E-state index >= 15 is 0 Å². The molecule has 2 rings (SSSR count). The van der Waals surface area contributed by atoms with Gasteiger partial charge in [0.25, 0.3) is 5.56 Å². The van der Waals surface area contributed by atoms with Gasteiger partial charge in [0.15, 0.2) is 0 Å². The van der Waals surface area contributed by atoms with Crippen LogP contribution in [0.4, 0.5) is 0 Å². The largest absolute Gasteiger partial charge is 0.477 e. The molecule has 0 radical (unpaired) electrons. The zero-order valence-electron chi connectivity index (χ0n) is 11.1. The first-order chi connectivity index (χ1) is 9.04. The lowest BCUT2D eigenvalue weighted by atomic mass is 10.2. The first kappa shape index (κ1) is 14.6. The fourth-order valence-corrected chi connectivity index (χ4v) is 1.68. The predicted molar refractivity (Wildman–Crippen MR) is 73.2 cm³/mol. The van der Waals surface area contributed by atoms with Gasteiger partial charge in [-0.1, -0.05) is 32.0 Å². The summed E-state index contributed by atoms with van der Waals surface area (Å²) in [7, 11) is 0. The van der Waals surface area contributed by atoms with Gasteiger partial charge in [0, 0.05) is 0 Å². The molecule has 0 fully saturated rings. The van der Waals surface area contributed by atoms with Gasteiger partial charge in [-0.05, 0) is 19.1 Å². The van der Waals surface area contributed by atoms with Crippen LogP contribution in [-0.4, -0.2) is 20.5 Å². The van der Waals surface area contributed by atoms with Crippen LogP contribution in [0.25, 0.3) is 5.69 Å². The smallest absolute Gasteiger partial charge is 0.343 e. The molecule has 1 heterocycles. The third kappa shape index (κ3) is 2.52. The number of hydrogen-bond acceptors (Lipinski definition) is 3. The van der Waals surface area contributed by atoms with Crippen molar-refractivity contribution in [2.24, 2.45) is 0 Å². The highest BCUT2D eigenvalue weighted by Gasteiger charge is 2.21. The number of rotatable bonds is 2. The Hall–Kier alpha value is -2.50. The van der Waals surface area contributed by atoms with Crippen molar-refractivity contribution < 1.29 is 9.90 Å². The average molecular weight is 263 g/mol. The maximum atomic E-state index is 11.9. The fourth-order valence-electron chi connectivity index (χ4n) is 1.68. The van der Waals surface area contributed by atoms with Gasteiger partial charge in [0.05, 0.1) is 11.4 Å². The van der Waals surface area contributed by atoms with E-state index in [4.69, 9.17) is 10.9 Å². The second kappa shape index (κ2) is 5.90. The van der Waals surface area contributed by atoms with Gasteiger partial charge < -0.3 is 10.9 Å². The van der Waals surface area contributed by atoms with Gasteiger partial charge in [-0.3, -0.25) is 4.79 Å². The number of nitrogen functional groups attached to an aromatic ring is 1. The number of para-hydroxylation sites is 1. The number of benzene rings is 1. The Balaban J connectivity index is 0.000000861. The van der Waals surface area contributed by atoms with Gasteiger partial charge in [0.2, 0.25) is 0 Å². The SMILES string of the molecule is CC.Cc1c(C(=O)O)c(=O)n(-c2ccccc2)n1N. The van der Waals surface area contributed by atoms with Crippen LogP contribution in [0.5, 0.6) is 0 Å². The maximum absolute atomic E-state index is 11.9. The Bertz CT molecular complexity index is 627. The summed E-state index contributed by atoms with van der Waals surface area (Å²) in [5.41, 5.74) is -0.206. The topological polar surface area (TPSA) is 90.2 Å². The summed E-state index contributed by atoms with van der Waals surface area (Å²) in [6.45, 7) is 5.49. The molecule has 0 saturated heterocycles. The molecule has 0 aliphatic heterocycles. The minimum absolute atomic E-state index is 0.214. The lowest BCUT2D eigenvalue weighted by Gasteiger charge is -2.06. The van der Waals surface area contributed by atoms with Crippen molar-refractivity contribution in [1.82, 2.24) is 9.47 Å². The minimum atomic E-state index is -1.28. The van der Waals surface area contributed by atoms with Crippen LogP contribution in [0.3, 0.4) is 0 Å². The summed E-state index contributed by atoms with van der Waals surface area (Å²) < 4.78 is 1.12. The van der Waals surface area contributed by atoms with Crippen LogP contribution >= 0.6 is 0 Å². The number of carbonyl (C=O) groups is 1. The highest BCUT2D eigenvalue weighted by molar-refractivity contribution is 5.88. The number of carboxylic acids is 1. The van der Waals surface area contributed by atoms with Crippen molar-refractivity contribution >= 4 is 5.97 Å². The molecular weight excluding hydrogens is 246 g/mol. The molecule has 102 valence electrons. The van der Waals surface area contributed by atoms with Gasteiger partial charge in [-0.15, -0.1) is 0 Å². The van der Waals surface area contributed by atoms with Crippen molar-refractivity contribution in [2.45, 2.75) is 20.8 Å². The summed E-state index contributed by atoms with van der Waals surface area (Å²) in [5, 5.41) is 8.95. The third-order valence-electron chi connectivity index (χ3n) is 2.54. The molecule has 6 nitrogen and oxygen atoms in total. The highest BCUT2D eigenvalue weighted by Crippen LogP contribution is 2.08. The minimum Gasteiger partial charge on any atom is -0.477 e. The number of aromatic nitrogens is 2. The van der Waals surface area contributed by atoms with E-state index in [0.717, 1.165) is 9.47 Å². The van der Waals surface area contributed by atoms with E-state index in [0.29, 0.717) is 5.69 Å². The van der Waals surface area contributed by atoms with Crippen molar-refractivity contribution in [3.8, 4) is 5.69 Å². The number of hydrogen-bond donors (Lipinski definition) is 2. The third-order valence-corrected chi connectivity index (χ3v) is 2.54. The second-order valence-electron chi connectivity index (χ2n) is 3.56. The summed E-state index contributed by atoms with van der Waals surface area (Å²) in [4.78, 5) is 23.9. The van der Waals surface area contributed by atoms with E-state index < -0.39 is 11.5 Å². The standard InChI is InChI=1S/C11H11N3O3.C2H6/c1-7-9(11(16)17)10(15)13(14(7)12)8-5-3-2-4-6-8;1-2/h2-6H,12H2,1H3,(H,16,17);1-2H3. The van der Waals surface area contributed by atoms with Gasteiger partial charge in [-0.25, -0.2) is 4.79 Å². The van der Waals surface area contributed by atoms with E-state index in [1.54, 1.807) is 30.3 Å². The Morgan fingerprint density at radius 3 is 2.16 bits per heavy atom. The molecule has 0 aliphatic carbocycles. The fraction of sp³-hybridized carbons (Fsp3) is 0.231. The van der Waals surface area contributed by atoms with Gasteiger partial charge in [0.1, 0.15) is 5.56 Å². The number of nitrogens with zero attached hydrogens (tertiary/aromatic N) is 2. The molecule has 2 aromatic rings. The van der Waals surface area contributed by atoms with Crippen LogP contribution in [0, 0.1) is 6.92 Å². The summed E-state index contributed by atoms with van der Waals surface area (Å²) in [6.07, 6.45) is 0. The molecule has 0 aliphatic rings. The van der Waals surface area contributed by atoms with E-state index in [-0.39, 0.29) is 11.3 Å². The zero-order chi connectivity index (χ0) is 14.6. The molecule has 0 spiro atoms. The second-order valence-corrected chi connectivity index (χ2v) is 3.56. The number of carboxylic acid groups (broad SMARTS) is 1. The quantitative estimate of drug-likeness (QED) is 0.801. The molecule has 0 amide bonds. The molecular formula is C13H17N3O3. The molecule has 3 N–H and O–H groups in total. The number of nitrogens with two attached hydrogens (primary N) is 1. The Kier molecular flexibility index (Phi) is 4.52. The van der Waals surface area contributed by atoms with E-state index in [9.17, 15) is 9.59 Å². The van der Waals surface area contributed by atoms with Crippen molar-refractivity contribution in [2.75, 3.05) is 5.84 Å². The molecule has 0 saturated carbocycles. The molecule has 1 aromatic carbocycles. The average Bonchev–Trinajstić information content (AvgIpc) is 2.64. The summed E-state index contributed by atoms with van der Waals surface area (Å²) >= 11 is 0. The van der Waals surface area contributed by atoms with Crippen LogP contribution in [0.1, 0.15) is 29.9 Å². The van der Waals surface area contributed by atoms with Crippen molar-refractivity contribution in [1.29, 1.82) is 0 Å².